The van der Waals surface area contributed by atoms with Crippen LogP contribution in [0.2, 0.25) is 0 Å². The molecule has 1 aliphatic carbocycles. The first-order valence-corrected chi connectivity index (χ1v) is 12.8. The fraction of sp³-hybridized carbons (Fsp3) is 0.552. The van der Waals surface area contributed by atoms with Crippen molar-refractivity contribution in [1.29, 1.82) is 0 Å². The highest BCUT2D eigenvalue weighted by molar-refractivity contribution is 5.86. The molecule has 0 heterocycles. The Hall–Kier alpha value is -2.93. The lowest BCUT2D eigenvalue weighted by molar-refractivity contribution is -0.151. The van der Waals surface area contributed by atoms with Crippen LogP contribution in [0, 0.1) is 11.8 Å². The molecule has 0 radical (unpaired) electrons. The quantitative estimate of drug-likeness (QED) is 0.252. The van der Waals surface area contributed by atoms with Crippen molar-refractivity contribution >= 4 is 17.8 Å². The Bertz CT molecular complexity index is 890. The topological polar surface area (TPSA) is 105 Å². The second-order valence-electron chi connectivity index (χ2n) is 10.5. The van der Waals surface area contributed by atoms with Crippen molar-refractivity contribution in [3.8, 4) is 0 Å². The summed E-state index contributed by atoms with van der Waals surface area (Å²) in [5.41, 5.74) is -0.368. The van der Waals surface area contributed by atoms with Gasteiger partial charge in [0.25, 0.3) is 0 Å². The smallest absolute Gasteiger partial charge is 0.309 e. The van der Waals surface area contributed by atoms with Gasteiger partial charge in [0.15, 0.2) is 0 Å². The molecule has 7 nitrogen and oxygen atoms in total. The van der Waals surface area contributed by atoms with Crippen LogP contribution < -0.4 is 10.6 Å². The van der Waals surface area contributed by atoms with Crippen molar-refractivity contribution in [2.75, 3.05) is 13.2 Å². The number of hydrogen-bond donors (Lipinski definition) is 3. The third-order valence-corrected chi connectivity index (χ3v) is 6.67. The van der Waals surface area contributed by atoms with Crippen LogP contribution in [0.4, 0.5) is 0 Å². The van der Waals surface area contributed by atoms with E-state index in [1.165, 1.54) is 0 Å². The predicted octanol–water partition coefficient (Wildman–Crippen LogP) is 3.86. The summed E-state index contributed by atoms with van der Waals surface area (Å²) in [6.45, 7) is 10.9. The van der Waals surface area contributed by atoms with Gasteiger partial charge >= 0.3 is 5.97 Å². The molecule has 0 unspecified atom stereocenters. The summed E-state index contributed by atoms with van der Waals surface area (Å²) in [5.74, 6) is -1.87. The van der Waals surface area contributed by atoms with Gasteiger partial charge in [-0.25, -0.2) is 0 Å². The van der Waals surface area contributed by atoms with E-state index in [-0.39, 0.29) is 43.3 Å². The summed E-state index contributed by atoms with van der Waals surface area (Å²) in [6.07, 6.45) is 8.09. The molecule has 0 aliphatic heterocycles. The fourth-order valence-electron chi connectivity index (χ4n) is 4.63. The number of benzene rings is 1. The minimum absolute atomic E-state index is 0.000630. The van der Waals surface area contributed by atoms with Gasteiger partial charge in [-0.3, -0.25) is 14.4 Å². The average Bonchev–Trinajstić information content (AvgIpc) is 3.31. The van der Waals surface area contributed by atoms with Gasteiger partial charge in [0.05, 0.1) is 29.5 Å². The first kappa shape index (κ1) is 29.3. The maximum atomic E-state index is 13.1. The highest BCUT2D eigenvalue weighted by Gasteiger charge is 2.36. The molecule has 1 aliphatic rings. The van der Waals surface area contributed by atoms with E-state index in [1.54, 1.807) is 26.0 Å². The number of rotatable bonds is 15. The Labute approximate surface area is 215 Å². The Balaban J connectivity index is 1.93. The van der Waals surface area contributed by atoms with Crippen LogP contribution >= 0.6 is 0 Å². The van der Waals surface area contributed by atoms with Crippen LogP contribution in [0.15, 0.2) is 55.6 Å². The van der Waals surface area contributed by atoms with Crippen molar-refractivity contribution in [3.63, 3.8) is 0 Å². The number of carbonyl (C=O) groups is 3. The van der Waals surface area contributed by atoms with E-state index < -0.39 is 17.0 Å². The largest absolute Gasteiger partial charge is 0.463 e. The number of aliphatic hydroxyl groups is 1. The van der Waals surface area contributed by atoms with E-state index in [1.807, 2.05) is 30.3 Å². The van der Waals surface area contributed by atoms with E-state index in [9.17, 15) is 19.5 Å². The number of nitrogens with one attached hydrogen (secondary N) is 2. The van der Waals surface area contributed by atoms with Gasteiger partial charge in [-0.2, -0.15) is 0 Å². The Morgan fingerprint density at radius 3 is 2.28 bits per heavy atom. The highest BCUT2D eigenvalue weighted by atomic mass is 16.5. The lowest BCUT2D eigenvalue weighted by Gasteiger charge is -2.30. The van der Waals surface area contributed by atoms with E-state index in [2.05, 4.69) is 23.8 Å². The molecule has 2 amide bonds. The van der Waals surface area contributed by atoms with Crippen LogP contribution in [-0.2, 0) is 25.5 Å². The number of allylic oxidation sites excluding steroid dienone is 2. The molecule has 7 heteroatoms. The summed E-state index contributed by atoms with van der Waals surface area (Å²) in [5, 5.41) is 15.6. The van der Waals surface area contributed by atoms with Gasteiger partial charge in [0.2, 0.25) is 11.8 Å². The third kappa shape index (κ3) is 9.26. The zero-order valence-corrected chi connectivity index (χ0v) is 21.8. The van der Waals surface area contributed by atoms with Crippen molar-refractivity contribution in [1.82, 2.24) is 10.6 Å². The van der Waals surface area contributed by atoms with Crippen molar-refractivity contribution in [2.24, 2.45) is 11.8 Å². The molecule has 2 rings (SSSR count). The molecule has 1 aromatic rings. The average molecular weight is 499 g/mol. The van der Waals surface area contributed by atoms with Crippen LogP contribution in [-0.4, -0.2) is 47.2 Å². The molecular weight excluding hydrogens is 456 g/mol. The van der Waals surface area contributed by atoms with Crippen molar-refractivity contribution in [3.05, 3.63) is 61.2 Å². The second kappa shape index (κ2) is 14.0. The zero-order chi connectivity index (χ0) is 26.6. The minimum Gasteiger partial charge on any atom is -0.463 e. The zero-order valence-electron chi connectivity index (χ0n) is 21.8. The number of esters is 1. The van der Waals surface area contributed by atoms with Crippen LogP contribution in [0.25, 0.3) is 0 Å². The monoisotopic (exact) mass is 498 g/mol. The summed E-state index contributed by atoms with van der Waals surface area (Å²) < 4.78 is 5.60. The van der Waals surface area contributed by atoms with E-state index in [0.717, 1.165) is 31.2 Å². The summed E-state index contributed by atoms with van der Waals surface area (Å²) in [6, 6.07) is 9.73. The second-order valence-corrected chi connectivity index (χ2v) is 10.5. The van der Waals surface area contributed by atoms with E-state index in [0.29, 0.717) is 19.3 Å². The molecule has 0 bridgehead atoms. The Morgan fingerprint density at radius 1 is 1.08 bits per heavy atom. The molecule has 1 fully saturated rings. The van der Waals surface area contributed by atoms with E-state index >= 15 is 0 Å². The summed E-state index contributed by atoms with van der Waals surface area (Å²) in [7, 11) is 0. The highest BCUT2D eigenvalue weighted by Crippen LogP contribution is 2.29. The molecule has 0 spiro atoms. The van der Waals surface area contributed by atoms with Crippen molar-refractivity contribution in [2.45, 2.75) is 76.3 Å². The number of ether oxygens (including phenoxy) is 1. The van der Waals surface area contributed by atoms with E-state index in [4.69, 9.17) is 4.74 Å². The fourth-order valence-corrected chi connectivity index (χ4v) is 4.63. The number of carbonyl (C=O) groups excluding carboxylic acids is 3. The normalized spacial score (nSPS) is 16.4. The lowest BCUT2D eigenvalue weighted by atomic mass is 9.94. The number of amides is 2. The Kier molecular flexibility index (Phi) is 11.4. The standard InChI is InChI=1S/C29H42N2O5/c1-5-12-23(19-25(33)30-29(20-32)16-10-11-17-29)26(34)31-28(3,4)21-36-27(35)24(13-6-2)18-22-14-8-7-9-15-22/h5-9,14-15,23-24,32H,1-2,10-13,16-21H2,3-4H3,(H,30,33)(H,31,34)/t23-,24+/m1/s1. The van der Waals surface area contributed by atoms with Crippen molar-refractivity contribution < 1.29 is 24.2 Å². The Morgan fingerprint density at radius 2 is 1.69 bits per heavy atom. The SMILES string of the molecule is C=CC[C@H](CC(=O)NC1(CO)CCCC1)C(=O)NC(C)(C)COC(=O)[C@@H](CC=C)Cc1ccccc1. The predicted molar refractivity (Wildman–Crippen MR) is 141 cm³/mol. The van der Waals surface area contributed by atoms with Gasteiger partial charge in [-0.05, 0) is 51.5 Å². The molecule has 0 saturated heterocycles. The molecule has 36 heavy (non-hydrogen) atoms. The molecule has 0 aromatic heterocycles. The molecule has 1 aromatic carbocycles. The maximum absolute atomic E-state index is 13.1. The third-order valence-electron chi connectivity index (χ3n) is 6.67. The van der Waals surface area contributed by atoms with Crippen LogP contribution in [0.5, 0.6) is 0 Å². The lowest BCUT2D eigenvalue weighted by Crippen LogP contribution is -2.52. The first-order chi connectivity index (χ1) is 17.1. The summed E-state index contributed by atoms with van der Waals surface area (Å²) in [4.78, 5) is 38.6. The molecule has 198 valence electrons. The number of hydrogen-bond acceptors (Lipinski definition) is 5. The van der Waals surface area contributed by atoms with Crippen LogP contribution in [0.3, 0.4) is 0 Å². The molecule has 1 saturated carbocycles. The molecule has 2 atom stereocenters. The molecule has 3 N–H and O–H groups in total. The molecular formula is C29H42N2O5. The van der Waals surface area contributed by atoms with Gasteiger partial charge in [0.1, 0.15) is 6.61 Å². The van der Waals surface area contributed by atoms with Gasteiger partial charge in [-0.15, -0.1) is 13.2 Å². The summed E-state index contributed by atoms with van der Waals surface area (Å²) >= 11 is 0. The van der Waals surface area contributed by atoms with Gasteiger partial charge < -0.3 is 20.5 Å². The maximum Gasteiger partial charge on any atom is 0.309 e. The first-order valence-electron chi connectivity index (χ1n) is 12.8. The van der Waals surface area contributed by atoms with Gasteiger partial charge in [0, 0.05) is 6.42 Å². The number of aliphatic hydroxyl groups excluding tert-OH is 1. The van der Waals surface area contributed by atoms with Gasteiger partial charge in [-0.1, -0.05) is 55.3 Å². The van der Waals surface area contributed by atoms with Crippen LogP contribution in [0.1, 0.15) is 64.4 Å². The minimum atomic E-state index is -0.827.